The molecule has 0 saturated carbocycles. The number of fused-ring (bicyclic) bond motifs is 4. The fourth-order valence-electron chi connectivity index (χ4n) is 7.88. The van der Waals surface area contributed by atoms with Gasteiger partial charge in [-0.25, -0.2) is 9.97 Å². The summed E-state index contributed by atoms with van der Waals surface area (Å²) in [6.07, 6.45) is 0. The first-order valence-corrected chi connectivity index (χ1v) is 19.3. The van der Waals surface area contributed by atoms with Gasteiger partial charge in [0.1, 0.15) is 8.07 Å². The zero-order valence-corrected chi connectivity index (χ0v) is 27.4. The third-order valence-electron chi connectivity index (χ3n) is 9.80. The lowest BCUT2D eigenvalue weighted by atomic mass is 9.87. The van der Waals surface area contributed by atoms with E-state index in [1.54, 1.807) is 0 Å². The maximum absolute atomic E-state index is 5.16. The predicted octanol–water partition coefficient (Wildman–Crippen LogP) is 11.4. The minimum absolute atomic E-state index is 1.03. The van der Waals surface area contributed by atoms with Gasteiger partial charge in [0, 0.05) is 21.5 Å². The molecule has 0 spiro atoms. The molecule has 47 heavy (non-hydrogen) atoms. The van der Waals surface area contributed by atoms with E-state index in [9.17, 15) is 0 Å². The Bertz CT molecular complexity index is 2290. The van der Waals surface area contributed by atoms with Gasteiger partial charge in [-0.1, -0.05) is 147 Å². The normalized spacial score (nSPS) is 14.6. The summed E-state index contributed by atoms with van der Waals surface area (Å²) in [6, 6.07) is 56.9. The summed E-state index contributed by atoms with van der Waals surface area (Å²) in [7, 11) is -2.54. The molecule has 0 bridgehead atoms. The van der Waals surface area contributed by atoms with Gasteiger partial charge in [0.05, 0.1) is 22.1 Å². The highest BCUT2D eigenvalue weighted by molar-refractivity contribution is 7.13. The lowest BCUT2D eigenvalue weighted by Crippen LogP contribution is -2.29. The summed E-state index contributed by atoms with van der Waals surface area (Å²) in [6.45, 7) is 5.12. The Morgan fingerprint density at radius 2 is 0.617 bits per heavy atom. The van der Waals surface area contributed by atoms with Crippen LogP contribution in [0.4, 0.5) is 0 Å². The third-order valence-corrected chi connectivity index (χ3v) is 13.3. The summed E-state index contributed by atoms with van der Waals surface area (Å²) < 4.78 is 0. The average molecular weight is 617 g/mol. The second-order valence-corrected chi connectivity index (χ2v) is 17.1. The van der Waals surface area contributed by atoms with Crippen molar-refractivity contribution in [2.75, 3.05) is 0 Å². The van der Waals surface area contributed by atoms with Crippen molar-refractivity contribution in [1.29, 1.82) is 0 Å². The van der Waals surface area contributed by atoms with Gasteiger partial charge in [0.15, 0.2) is 0 Å². The van der Waals surface area contributed by atoms with Crippen molar-refractivity contribution in [3.63, 3.8) is 0 Å². The van der Waals surface area contributed by atoms with E-state index in [4.69, 9.17) is 9.97 Å². The summed E-state index contributed by atoms with van der Waals surface area (Å²) in [5.74, 6) is 0. The first-order valence-electron chi connectivity index (χ1n) is 16.3. The van der Waals surface area contributed by atoms with Gasteiger partial charge in [0.25, 0.3) is 0 Å². The second-order valence-electron chi connectivity index (χ2n) is 12.9. The standard InChI is InChI=1S/C44H32N2Si/c1-47(2)43(41-31-21-9-13-25-35(31)45-36-26-14-10-22-32(36)41)39(29-17-5-3-6-18-29)40(30-19-7-4-8-20-30)44(47)42-33-23-11-15-27-37(33)46-38-28-16-12-24-34(38)42/h3-28H,1-2H3. The van der Waals surface area contributed by atoms with Gasteiger partial charge in [-0.2, -0.15) is 0 Å². The van der Waals surface area contributed by atoms with Gasteiger partial charge < -0.3 is 0 Å². The molecule has 0 fully saturated rings. The molecule has 0 amide bonds. The number of para-hydroxylation sites is 4. The smallest absolute Gasteiger partial charge is 0.115 e. The van der Waals surface area contributed by atoms with Crippen molar-refractivity contribution in [3.05, 3.63) is 180 Å². The van der Waals surface area contributed by atoms with Crippen LogP contribution in [0, 0.1) is 0 Å². The van der Waals surface area contributed by atoms with Crippen LogP contribution < -0.4 is 0 Å². The lowest BCUT2D eigenvalue weighted by molar-refractivity contribution is 1.49. The number of allylic oxidation sites excluding steroid dienone is 2. The summed E-state index contributed by atoms with van der Waals surface area (Å²) >= 11 is 0. The van der Waals surface area contributed by atoms with Gasteiger partial charge in [-0.05, 0) is 68.1 Å². The number of benzene rings is 6. The molecule has 9 rings (SSSR count). The first kappa shape index (κ1) is 27.6. The number of rotatable bonds is 4. The maximum Gasteiger partial charge on any atom is 0.115 e. The van der Waals surface area contributed by atoms with Gasteiger partial charge in [-0.15, -0.1) is 0 Å². The fraction of sp³-hybridized carbons (Fsp3) is 0.0455. The van der Waals surface area contributed by atoms with E-state index in [1.165, 1.54) is 65.3 Å². The lowest BCUT2D eigenvalue weighted by Gasteiger charge is -2.29. The van der Waals surface area contributed by atoms with Crippen LogP contribution in [0.25, 0.3) is 65.2 Å². The molecule has 0 radical (unpaired) electrons. The van der Waals surface area contributed by atoms with Crippen LogP contribution >= 0.6 is 0 Å². The second kappa shape index (κ2) is 10.7. The van der Waals surface area contributed by atoms with Gasteiger partial charge in [-0.3, -0.25) is 0 Å². The largest absolute Gasteiger partial charge is 0.248 e. The van der Waals surface area contributed by atoms with E-state index in [0.717, 1.165) is 22.1 Å². The Kier molecular flexibility index (Phi) is 6.31. The molecule has 0 aliphatic carbocycles. The maximum atomic E-state index is 5.16. The molecule has 0 unspecified atom stereocenters. The predicted molar refractivity (Wildman–Crippen MR) is 202 cm³/mol. The molecule has 0 atom stereocenters. The van der Waals surface area contributed by atoms with Crippen LogP contribution in [0.2, 0.25) is 13.1 Å². The summed E-state index contributed by atoms with van der Waals surface area (Å²) in [5.41, 5.74) is 11.9. The number of hydrogen-bond acceptors (Lipinski definition) is 2. The molecule has 3 heterocycles. The van der Waals surface area contributed by atoms with Crippen molar-refractivity contribution in [3.8, 4) is 0 Å². The zero-order valence-electron chi connectivity index (χ0n) is 26.4. The zero-order chi connectivity index (χ0) is 31.5. The SMILES string of the molecule is C[Si]1(C)C(c2c3ccccc3nc3ccccc23)=C(c2ccccc2)C(c2ccccc2)=C1c1c2ccccc2nc2ccccc12. The molecule has 2 nitrogen and oxygen atoms in total. The van der Waals surface area contributed by atoms with E-state index in [-0.39, 0.29) is 0 Å². The van der Waals surface area contributed by atoms with Crippen LogP contribution in [0.3, 0.4) is 0 Å². The molecule has 0 saturated heterocycles. The van der Waals surface area contributed by atoms with Crippen molar-refractivity contribution in [2.45, 2.75) is 13.1 Å². The van der Waals surface area contributed by atoms with Crippen LogP contribution in [-0.4, -0.2) is 18.0 Å². The minimum atomic E-state index is -2.54. The van der Waals surface area contributed by atoms with Crippen LogP contribution in [0.1, 0.15) is 22.3 Å². The molecule has 0 N–H and O–H groups in total. The van der Waals surface area contributed by atoms with Crippen molar-refractivity contribution >= 4 is 73.2 Å². The van der Waals surface area contributed by atoms with Crippen molar-refractivity contribution < 1.29 is 0 Å². The molecule has 222 valence electrons. The Hall–Kier alpha value is -5.64. The van der Waals surface area contributed by atoms with E-state index < -0.39 is 8.07 Å². The van der Waals surface area contributed by atoms with Crippen molar-refractivity contribution in [2.24, 2.45) is 0 Å². The molecular weight excluding hydrogens is 585 g/mol. The monoisotopic (exact) mass is 616 g/mol. The number of aromatic nitrogens is 2. The highest BCUT2D eigenvalue weighted by Crippen LogP contribution is 2.58. The fourth-order valence-corrected chi connectivity index (χ4v) is 11.7. The van der Waals surface area contributed by atoms with Crippen LogP contribution in [0.5, 0.6) is 0 Å². The van der Waals surface area contributed by atoms with Gasteiger partial charge >= 0.3 is 0 Å². The molecule has 1 aliphatic rings. The molecule has 2 aromatic heterocycles. The quantitative estimate of drug-likeness (QED) is 0.145. The van der Waals surface area contributed by atoms with E-state index >= 15 is 0 Å². The summed E-state index contributed by atoms with van der Waals surface area (Å²) in [4.78, 5) is 10.3. The number of pyridine rings is 2. The molecule has 6 aromatic carbocycles. The first-order chi connectivity index (χ1) is 23.1. The minimum Gasteiger partial charge on any atom is -0.248 e. The third kappa shape index (κ3) is 4.24. The topological polar surface area (TPSA) is 25.8 Å². The molecule has 1 aliphatic heterocycles. The Morgan fingerprint density at radius 3 is 0.936 bits per heavy atom. The highest BCUT2D eigenvalue weighted by atomic mass is 28.3. The average Bonchev–Trinajstić information content (AvgIpc) is 3.36. The van der Waals surface area contributed by atoms with E-state index in [1.807, 2.05) is 0 Å². The Morgan fingerprint density at radius 1 is 0.340 bits per heavy atom. The number of nitrogens with zero attached hydrogens (tertiary/aromatic N) is 2. The van der Waals surface area contributed by atoms with E-state index in [0.29, 0.717) is 0 Å². The summed E-state index contributed by atoms with van der Waals surface area (Å²) in [5, 5.41) is 7.72. The van der Waals surface area contributed by atoms with Gasteiger partial charge in [0.2, 0.25) is 0 Å². The Labute approximate surface area is 275 Å². The van der Waals surface area contributed by atoms with E-state index in [2.05, 4.69) is 171 Å². The van der Waals surface area contributed by atoms with Crippen molar-refractivity contribution in [1.82, 2.24) is 9.97 Å². The van der Waals surface area contributed by atoms with Crippen LogP contribution in [-0.2, 0) is 0 Å². The Balaban J connectivity index is 1.53. The highest BCUT2D eigenvalue weighted by Gasteiger charge is 2.45. The van der Waals surface area contributed by atoms with Crippen LogP contribution in [0.15, 0.2) is 158 Å². The molecular formula is C44H32N2Si. The number of hydrogen-bond donors (Lipinski definition) is 0. The molecule has 8 aromatic rings. The molecule has 3 heteroatoms.